The maximum absolute atomic E-state index is 14.5. The fourth-order valence-corrected chi connectivity index (χ4v) is 10.5. The van der Waals surface area contributed by atoms with Crippen molar-refractivity contribution in [3.05, 3.63) is 0 Å². The maximum atomic E-state index is 14.5. The summed E-state index contributed by atoms with van der Waals surface area (Å²) in [4.78, 5) is 68.9. The number of carbonyl (C=O) groups excluding carboxylic acids is 5. The Balaban J connectivity index is 1.55. The minimum Gasteiger partial charge on any atom is -0.363 e. The SMILES string of the molecule is CC(C)(C)[C@H](CC(=O)CC1(CS(=O)(=O)C(C)(C)C)CCCCC1)C(=O)N1CC2[C@@H]([C@H]1C(=O)CC(CC1CCC1)C(=O)C(N)=O)C2(C)C. The van der Waals surface area contributed by atoms with E-state index < -0.39 is 55.0 Å². The quantitative estimate of drug-likeness (QED) is 0.240. The highest BCUT2D eigenvalue weighted by Gasteiger charge is 2.69. The lowest BCUT2D eigenvalue weighted by atomic mass is 9.70. The van der Waals surface area contributed by atoms with Crippen LogP contribution in [0.4, 0.5) is 0 Å². The third kappa shape index (κ3) is 8.04. The lowest BCUT2D eigenvalue weighted by Gasteiger charge is -2.40. The topological polar surface area (TPSA) is 149 Å². The van der Waals surface area contributed by atoms with Gasteiger partial charge in [0.05, 0.1) is 16.5 Å². The second-order valence-corrected chi connectivity index (χ2v) is 21.0. The van der Waals surface area contributed by atoms with Crippen LogP contribution in [-0.2, 0) is 33.8 Å². The van der Waals surface area contributed by atoms with Crippen LogP contribution in [0.2, 0.25) is 0 Å². The summed E-state index contributed by atoms with van der Waals surface area (Å²) in [5.41, 5.74) is 4.04. The number of piperidine rings is 1. The molecular formula is C37H60N2O7S. The van der Waals surface area contributed by atoms with Gasteiger partial charge in [0.1, 0.15) is 5.78 Å². The maximum Gasteiger partial charge on any atom is 0.285 e. The molecule has 2 N–H and O–H groups in total. The molecule has 1 heterocycles. The number of primary amides is 1. The zero-order valence-electron chi connectivity index (χ0n) is 30.2. The molecule has 0 aromatic rings. The molecule has 0 bridgehead atoms. The second kappa shape index (κ2) is 13.3. The van der Waals surface area contributed by atoms with Gasteiger partial charge in [-0.3, -0.25) is 24.0 Å². The van der Waals surface area contributed by atoms with Crippen LogP contribution in [0.25, 0.3) is 0 Å². The standard InChI is InChI=1S/C37H60N2O7S/c1-34(2,3)26(19-25(40)20-37(15-10-9-11-16-37)22-47(45,46)35(4,5)6)33(44)39-21-27-29(36(27,7)8)30(39)28(41)18-24(31(42)32(38)43)17-23-13-12-14-23/h23-24,26-27,29-30H,9-22H2,1-8H3,(H2,38,43)/t24?,26-,27?,29+,30-/m1/s1. The number of amides is 2. The first kappa shape index (κ1) is 37.7. The van der Waals surface area contributed by atoms with Gasteiger partial charge in [0.2, 0.25) is 11.7 Å². The average molecular weight is 677 g/mol. The average Bonchev–Trinajstić information content (AvgIpc) is 3.23. The lowest BCUT2D eigenvalue weighted by molar-refractivity contribution is -0.148. The summed E-state index contributed by atoms with van der Waals surface area (Å²) in [6.07, 6.45) is 7.58. The van der Waals surface area contributed by atoms with Gasteiger partial charge >= 0.3 is 0 Å². The van der Waals surface area contributed by atoms with E-state index in [2.05, 4.69) is 13.8 Å². The minimum absolute atomic E-state index is 0.0136. The molecule has 0 aromatic heterocycles. The van der Waals surface area contributed by atoms with E-state index in [-0.39, 0.29) is 59.7 Å². The first-order chi connectivity index (χ1) is 21.5. The van der Waals surface area contributed by atoms with Gasteiger partial charge in [0.25, 0.3) is 5.91 Å². The van der Waals surface area contributed by atoms with Gasteiger partial charge in [-0.15, -0.1) is 0 Å². The molecule has 5 atom stereocenters. The van der Waals surface area contributed by atoms with Crippen LogP contribution in [-0.4, -0.2) is 65.6 Å². The van der Waals surface area contributed by atoms with Gasteiger partial charge in [0.15, 0.2) is 15.6 Å². The number of hydrogen-bond acceptors (Lipinski definition) is 7. The fourth-order valence-electron chi connectivity index (χ4n) is 8.84. The predicted molar refractivity (Wildman–Crippen MR) is 182 cm³/mol. The van der Waals surface area contributed by atoms with Gasteiger partial charge in [0, 0.05) is 37.6 Å². The zero-order valence-corrected chi connectivity index (χ0v) is 31.0. The van der Waals surface area contributed by atoms with Gasteiger partial charge in [-0.2, -0.15) is 0 Å². The van der Waals surface area contributed by atoms with Gasteiger partial charge in [-0.1, -0.05) is 73.1 Å². The second-order valence-electron chi connectivity index (χ2n) is 18.3. The number of likely N-dealkylation sites (tertiary alicyclic amines) is 1. The van der Waals surface area contributed by atoms with Gasteiger partial charge < -0.3 is 10.6 Å². The van der Waals surface area contributed by atoms with Crippen molar-refractivity contribution in [1.82, 2.24) is 4.90 Å². The lowest BCUT2D eigenvalue weighted by Crippen LogP contribution is -2.51. The molecule has 1 aliphatic heterocycles. The van der Waals surface area contributed by atoms with Gasteiger partial charge in [-0.05, 0) is 74.0 Å². The largest absolute Gasteiger partial charge is 0.363 e. The summed E-state index contributed by atoms with van der Waals surface area (Å²) in [6.45, 7) is 15.5. The summed E-state index contributed by atoms with van der Waals surface area (Å²) in [5, 5.41) is 0. The summed E-state index contributed by atoms with van der Waals surface area (Å²) in [6, 6.07) is -0.714. The molecule has 4 fully saturated rings. The van der Waals surface area contributed by atoms with E-state index in [1.807, 2.05) is 20.8 Å². The Labute approximate surface area is 282 Å². The van der Waals surface area contributed by atoms with E-state index in [1.54, 1.807) is 25.7 Å². The molecule has 4 rings (SSSR count). The third-order valence-corrected chi connectivity index (χ3v) is 15.3. The van der Waals surface area contributed by atoms with Crippen molar-refractivity contribution in [3.63, 3.8) is 0 Å². The Bertz CT molecular complexity index is 1360. The first-order valence-electron chi connectivity index (χ1n) is 17.9. The number of fused-ring (bicyclic) bond motifs is 1. The molecule has 10 heteroatoms. The molecule has 1 saturated heterocycles. The van der Waals surface area contributed by atoms with Crippen molar-refractivity contribution in [2.24, 2.45) is 51.6 Å². The highest BCUT2D eigenvalue weighted by atomic mass is 32.2. The van der Waals surface area contributed by atoms with Crippen LogP contribution in [0, 0.1) is 45.8 Å². The number of sulfone groups is 1. The van der Waals surface area contributed by atoms with E-state index in [1.165, 1.54) is 0 Å². The zero-order chi connectivity index (χ0) is 35.3. The van der Waals surface area contributed by atoms with Crippen LogP contribution >= 0.6 is 0 Å². The van der Waals surface area contributed by atoms with Crippen molar-refractivity contribution >= 4 is 39.0 Å². The smallest absolute Gasteiger partial charge is 0.285 e. The molecule has 0 radical (unpaired) electrons. The van der Waals surface area contributed by atoms with Crippen molar-refractivity contribution < 1.29 is 32.4 Å². The van der Waals surface area contributed by atoms with E-state index >= 15 is 0 Å². The molecule has 9 nitrogen and oxygen atoms in total. The molecule has 266 valence electrons. The summed E-state index contributed by atoms with van der Waals surface area (Å²) < 4.78 is 25.8. The summed E-state index contributed by atoms with van der Waals surface area (Å²) in [7, 11) is -3.46. The van der Waals surface area contributed by atoms with Crippen molar-refractivity contribution in [3.8, 4) is 0 Å². The van der Waals surface area contributed by atoms with Gasteiger partial charge in [-0.25, -0.2) is 8.42 Å². The Kier molecular flexibility index (Phi) is 10.7. The highest BCUT2D eigenvalue weighted by Crippen LogP contribution is 2.65. The van der Waals surface area contributed by atoms with Crippen LogP contribution in [0.5, 0.6) is 0 Å². The van der Waals surface area contributed by atoms with E-state index in [9.17, 15) is 32.4 Å². The number of rotatable bonds is 14. The van der Waals surface area contributed by atoms with Crippen molar-refractivity contribution in [2.45, 2.75) is 143 Å². The van der Waals surface area contributed by atoms with E-state index in [0.29, 0.717) is 31.7 Å². The Morgan fingerprint density at radius 1 is 0.894 bits per heavy atom. The number of carbonyl (C=O) groups is 5. The molecule has 3 saturated carbocycles. The molecule has 0 spiro atoms. The fraction of sp³-hybridized carbons (Fsp3) is 0.865. The summed E-state index contributed by atoms with van der Waals surface area (Å²) in [5.74, 6) is -3.39. The molecule has 4 aliphatic rings. The minimum atomic E-state index is -3.46. The summed E-state index contributed by atoms with van der Waals surface area (Å²) >= 11 is 0. The van der Waals surface area contributed by atoms with Crippen LogP contribution in [0.3, 0.4) is 0 Å². The molecule has 2 unspecified atom stereocenters. The Morgan fingerprint density at radius 2 is 1.49 bits per heavy atom. The monoisotopic (exact) mass is 676 g/mol. The molecule has 3 aliphatic carbocycles. The molecule has 47 heavy (non-hydrogen) atoms. The van der Waals surface area contributed by atoms with Crippen LogP contribution < -0.4 is 5.73 Å². The molecule has 0 aromatic carbocycles. The van der Waals surface area contributed by atoms with Crippen LogP contribution in [0.1, 0.15) is 132 Å². The number of nitrogens with two attached hydrogens (primary N) is 1. The highest BCUT2D eigenvalue weighted by molar-refractivity contribution is 7.92. The number of nitrogens with zero attached hydrogens (tertiary/aromatic N) is 1. The van der Waals surface area contributed by atoms with E-state index in [4.69, 9.17) is 5.73 Å². The predicted octanol–water partition coefficient (Wildman–Crippen LogP) is 5.46. The number of Topliss-reactive ketones (excluding diaryl/α,β-unsaturated/α-hetero) is 3. The number of hydrogen-bond donors (Lipinski definition) is 1. The van der Waals surface area contributed by atoms with Crippen molar-refractivity contribution in [2.75, 3.05) is 12.3 Å². The number of ketones is 3. The van der Waals surface area contributed by atoms with Crippen molar-refractivity contribution in [1.29, 1.82) is 0 Å². The normalized spacial score (nSPS) is 26.9. The van der Waals surface area contributed by atoms with Crippen LogP contribution in [0.15, 0.2) is 0 Å². The Hall–Kier alpha value is -2.10. The first-order valence-corrected chi connectivity index (χ1v) is 19.6. The molecular weight excluding hydrogens is 616 g/mol. The molecule has 2 amide bonds. The third-order valence-electron chi connectivity index (χ3n) is 12.4. The Morgan fingerprint density at radius 3 is 1.98 bits per heavy atom. The van der Waals surface area contributed by atoms with E-state index in [0.717, 1.165) is 38.5 Å².